The van der Waals surface area contributed by atoms with Gasteiger partial charge in [-0.3, -0.25) is 0 Å². The number of aromatic nitrogens is 1. The minimum Gasteiger partial charge on any atom is -0.489 e. The van der Waals surface area contributed by atoms with E-state index in [1.54, 1.807) is 0 Å². The van der Waals surface area contributed by atoms with Gasteiger partial charge in [-0.1, -0.05) is 18.2 Å². The number of benzene rings is 1. The zero-order valence-electron chi connectivity index (χ0n) is 11.7. The topological polar surface area (TPSA) is 34.1 Å². The van der Waals surface area contributed by atoms with E-state index in [-0.39, 0.29) is 6.10 Å². The zero-order valence-corrected chi connectivity index (χ0v) is 11.7. The molecule has 0 aliphatic carbocycles. The van der Waals surface area contributed by atoms with Gasteiger partial charge in [-0.25, -0.2) is 4.98 Å². The number of ether oxygens (including phenoxy) is 1. The van der Waals surface area contributed by atoms with Crippen molar-refractivity contribution in [3.63, 3.8) is 0 Å². The van der Waals surface area contributed by atoms with Crippen molar-refractivity contribution in [2.24, 2.45) is 0 Å². The van der Waals surface area contributed by atoms with Crippen molar-refractivity contribution in [2.45, 2.75) is 26.9 Å². The fraction of sp³-hybridized carbons (Fsp3) is 0.312. The maximum Gasteiger partial charge on any atom is 0.126 e. The highest BCUT2D eigenvalue weighted by molar-refractivity contribution is 5.35. The highest BCUT2D eigenvalue weighted by Crippen LogP contribution is 2.14. The molecule has 0 radical (unpaired) electrons. The second kappa shape index (κ2) is 6.23. The number of pyridine rings is 1. The maximum absolute atomic E-state index is 5.86. The summed E-state index contributed by atoms with van der Waals surface area (Å²) in [5.41, 5.74) is 2.22. The minimum atomic E-state index is 0.0871. The zero-order chi connectivity index (χ0) is 13.7. The first-order valence-corrected chi connectivity index (χ1v) is 6.54. The monoisotopic (exact) mass is 256 g/mol. The maximum atomic E-state index is 5.86. The number of hydrogen-bond donors (Lipinski definition) is 1. The summed E-state index contributed by atoms with van der Waals surface area (Å²) >= 11 is 0. The lowest BCUT2D eigenvalue weighted by Gasteiger charge is -2.16. The van der Waals surface area contributed by atoms with Crippen LogP contribution in [0.3, 0.4) is 0 Å². The molecule has 3 nitrogen and oxygen atoms in total. The van der Waals surface area contributed by atoms with Crippen molar-refractivity contribution in [1.82, 2.24) is 4.98 Å². The lowest BCUT2D eigenvalue weighted by Crippen LogP contribution is -2.23. The van der Waals surface area contributed by atoms with Crippen molar-refractivity contribution in [2.75, 3.05) is 11.9 Å². The molecule has 3 heteroatoms. The number of rotatable bonds is 5. The molecule has 0 saturated heterocycles. The molecule has 2 rings (SSSR count). The lowest BCUT2D eigenvalue weighted by atomic mass is 10.2. The molecule has 0 saturated carbocycles. The summed E-state index contributed by atoms with van der Waals surface area (Å²) in [6, 6.07) is 14.0. The molecule has 1 unspecified atom stereocenters. The third kappa shape index (κ3) is 4.28. The quantitative estimate of drug-likeness (QED) is 0.888. The Bertz CT molecular complexity index is 540. The molecular formula is C16H20N2O. The van der Waals surface area contributed by atoms with E-state index in [9.17, 15) is 0 Å². The Labute approximate surface area is 114 Å². The predicted molar refractivity (Wildman–Crippen MR) is 78.7 cm³/mol. The molecule has 19 heavy (non-hydrogen) atoms. The average molecular weight is 256 g/mol. The van der Waals surface area contributed by atoms with Crippen LogP contribution in [0.15, 0.2) is 42.5 Å². The summed E-state index contributed by atoms with van der Waals surface area (Å²) in [6.07, 6.45) is 0.0871. The van der Waals surface area contributed by atoms with Crippen molar-refractivity contribution in [1.29, 1.82) is 0 Å². The van der Waals surface area contributed by atoms with Crippen LogP contribution in [0.25, 0.3) is 0 Å². The second-order valence-corrected chi connectivity index (χ2v) is 4.79. The van der Waals surface area contributed by atoms with E-state index in [1.165, 1.54) is 5.56 Å². The van der Waals surface area contributed by atoms with E-state index in [2.05, 4.69) is 23.3 Å². The summed E-state index contributed by atoms with van der Waals surface area (Å²) < 4.78 is 5.86. The van der Waals surface area contributed by atoms with Gasteiger partial charge in [-0.2, -0.15) is 0 Å². The Hall–Kier alpha value is -2.03. The van der Waals surface area contributed by atoms with E-state index in [4.69, 9.17) is 4.74 Å². The van der Waals surface area contributed by atoms with E-state index in [0.717, 1.165) is 23.8 Å². The summed E-state index contributed by atoms with van der Waals surface area (Å²) in [5, 5.41) is 3.28. The number of nitrogens with zero attached hydrogens (tertiary/aromatic N) is 1. The van der Waals surface area contributed by atoms with Gasteiger partial charge in [-0.05, 0) is 50.6 Å². The molecule has 1 atom stereocenters. The van der Waals surface area contributed by atoms with Crippen molar-refractivity contribution in [3.05, 3.63) is 53.7 Å². The van der Waals surface area contributed by atoms with Gasteiger partial charge in [0, 0.05) is 5.69 Å². The normalized spacial score (nSPS) is 11.9. The molecule has 0 fully saturated rings. The average Bonchev–Trinajstić information content (AvgIpc) is 2.36. The minimum absolute atomic E-state index is 0.0871. The van der Waals surface area contributed by atoms with Gasteiger partial charge in [0.25, 0.3) is 0 Å². The first kappa shape index (κ1) is 13.4. The molecular weight excluding hydrogens is 236 g/mol. The van der Waals surface area contributed by atoms with E-state index in [1.807, 2.05) is 50.2 Å². The van der Waals surface area contributed by atoms with Crippen molar-refractivity contribution < 1.29 is 4.74 Å². The van der Waals surface area contributed by atoms with Gasteiger partial charge >= 0.3 is 0 Å². The molecule has 1 aromatic carbocycles. The molecule has 1 heterocycles. The van der Waals surface area contributed by atoms with Crippen LogP contribution >= 0.6 is 0 Å². The predicted octanol–water partition coefficient (Wildman–Crippen LogP) is 3.58. The summed E-state index contributed by atoms with van der Waals surface area (Å²) in [7, 11) is 0. The van der Waals surface area contributed by atoms with Crippen LogP contribution in [0.4, 0.5) is 5.82 Å². The van der Waals surface area contributed by atoms with Gasteiger partial charge < -0.3 is 10.1 Å². The molecule has 1 aromatic heterocycles. The van der Waals surface area contributed by atoms with Crippen molar-refractivity contribution >= 4 is 5.82 Å². The Morgan fingerprint density at radius 2 is 1.95 bits per heavy atom. The highest BCUT2D eigenvalue weighted by Gasteiger charge is 2.04. The van der Waals surface area contributed by atoms with Crippen LogP contribution in [-0.2, 0) is 0 Å². The molecule has 0 amide bonds. The van der Waals surface area contributed by atoms with Gasteiger partial charge in [0.1, 0.15) is 17.7 Å². The molecule has 0 bridgehead atoms. The lowest BCUT2D eigenvalue weighted by molar-refractivity contribution is 0.234. The van der Waals surface area contributed by atoms with Crippen LogP contribution in [0, 0.1) is 13.8 Å². The number of hydrogen-bond acceptors (Lipinski definition) is 3. The Morgan fingerprint density at radius 3 is 2.68 bits per heavy atom. The molecule has 2 aromatic rings. The van der Waals surface area contributed by atoms with Crippen LogP contribution in [0.1, 0.15) is 18.2 Å². The van der Waals surface area contributed by atoms with Gasteiger partial charge in [0.05, 0.1) is 6.54 Å². The summed E-state index contributed by atoms with van der Waals surface area (Å²) in [4.78, 5) is 4.40. The van der Waals surface area contributed by atoms with Crippen molar-refractivity contribution in [3.8, 4) is 5.75 Å². The Balaban J connectivity index is 1.86. The summed E-state index contributed by atoms with van der Waals surface area (Å²) in [5.74, 6) is 1.80. The van der Waals surface area contributed by atoms with E-state index in [0.29, 0.717) is 0 Å². The fourth-order valence-electron chi connectivity index (χ4n) is 1.85. The smallest absolute Gasteiger partial charge is 0.126 e. The molecule has 1 N–H and O–H groups in total. The standard InChI is InChI=1S/C16H20N2O/c1-12-6-4-8-15(10-12)19-14(3)11-17-16-9-5-7-13(2)18-16/h4-10,14H,11H2,1-3H3,(H,17,18). The van der Waals surface area contributed by atoms with E-state index >= 15 is 0 Å². The van der Waals surface area contributed by atoms with Gasteiger partial charge in [0.2, 0.25) is 0 Å². The fourth-order valence-corrected chi connectivity index (χ4v) is 1.85. The third-order valence-corrected chi connectivity index (χ3v) is 2.79. The van der Waals surface area contributed by atoms with E-state index < -0.39 is 0 Å². The third-order valence-electron chi connectivity index (χ3n) is 2.79. The second-order valence-electron chi connectivity index (χ2n) is 4.79. The van der Waals surface area contributed by atoms with Crippen LogP contribution in [-0.4, -0.2) is 17.6 Å². The first-order chi connectivity index (χ1) is 9.13. The SMILES string of the molecule is Cc1cccc(OC(C)CNc2cccc(C)n2)c1. The largest absolute Gasteiger partial charge is 0.489 e. The number of nitrogens with one attached hydrogen (secondary N) is 1. The molecule has 0 aliphatic rings. The summed E-state index contributed by atoms with van der Waals surface area (Å²) in [6.45, 7) is 6.82. The first-order valence-electron chi connectivity index (χ1n) is 6.54. The molecule has 0 spiro atoms. The van der Waals surface area contributed by atoms with Crippen LogP contribution in [0.5, 0.6) is 5.75 Å². The number of aryl methyl sites for hydroxylation is 2. The molecule has 0 aliphatic heterocycles. The highest BCUT2D eigenvalue weighted by atomic mass is 16.5. The molecule has 100 valence electrons. The van der Waals surface area contributed by atoms with Gasteiger partial charge in [0.15, 0.2) is 0 Å². The van der Waals surface area contributed by atoms with Crippen LogP contribution in [0.2, 0.25) is 0 Å². The Kier molecular flexibility index (Phi) is 4.39. The Morgan fingerprint density at radius 1 is 1.16 bits per heavy atom. The van der Waals surface area contributed by atoms with Crippen LogP contribution < -0.4 is 10.1 Å². The van der Waals surface area contributed by atoms with Gasteiger partial charge in [-0.15, -0.1) is 0 Å². The number of anilines is 1.